The van der Waals surface area contributed by atoms with Crippen molar-refractivity contribution in [3.05, 3.63) is 62.3 Å². The highest BCUT2D eigenvalue weighted by atomic mass is 35.5. The summed E-state index contributed by atoms with van der Waals surface area (Å²) in [6, 6.07) is 5.18. The van der Waals surface area contributed by atoms with E-state index in [2.05, 4.69) is 28.9 Å². The van der Waals surface area contributed by atoms with E-state index >= 15 is 0 Å². The molecule has 0 unspecified atom stereocenters. The molecule has 24 heavy (non-hydrogen) atoms. The summed E-state index contributed by atoms with van der Waals surface area (Å²) in [7, 11) is 0. The van der Waals surface area contributed by atoms with E-state index in [0.29, 0.717) is 33.4 Å². The number of fused-ring (bicyclic) bond motifs is 1. The lowest BCUT2D eigenvalue weighted by Crippen LogP contribution is -2.22. The quantitative estimate of drug-likeness (QED) is 0.359. The van der Waals surface area contributed by atoms with Crippen LogP contribution in [0.15, 0.2) is 46.2 Å². The minimum atomic E-state index is -0.0996. The van der Waals surface area contributed by atoms with Gasteiger partial charge in [-0.05, 0) is 24.6 Å². The monoisotopic (exact) mass is 377 g/mol. The van der Waals surface area contributed by atoms with Gasteiger partial charge in [0, 0.05) is 22.7 Å². The Labute approximate surface area is 153 Å². The largest absolute Gasteiger partial charge is 0.283 e. The van der Waals surface area contributed by atoms with E-state index in [4.69, 9.17) is 11.6 Å². The maximum atomic E-state index is 12.7. The Balaban J connectivity index is 1.98. The Hall–Kier alpha value is -1.63. The molecule has 1 aromatic carbocycles. The van der Waals surface area contributed by atoms with Gasteiger partial charge >= 0.3 is 0 Å². The first-order valence-corrected chi connectivity index (χ1v) is 9.73. The summed E-state index contributed by atoms with van der Waals surface area (Å²) in [5.74, 6) is 0.680. The van der Waals surface area contributed by atoms with Gasteiger partial charge in [-0.3, -0.25) is 9.36 Å². The summed E-state index contributed by atoms with van der Waals surface area (Å²) < 4.78 is 1.63. The number of aryl methyl sites for hydroxylation is 1. The maximum absolute atomic E-state index is 12.7. The average molecular weight is 378 g/mol. The number of aromatic nitrogens is 3. The number of hydrogen-bond donors (Lipinski definition) is 0. The minimum Gasteiger partial charge on any atom is -0.283 e. The van der Waals surface area contributed by atoms with Gasteiger partial charge in [-0.1, -0.05) is 36.4 Å². The van der Waals surface area contributed by atoms with Crippen molar-refractivity contribution < 1.29 is 0 Å². The van der Waals surface area contributed by atoms with Gasteiger partial charge in [0.2, 0.25) is 0 Å². The summed E-state index contributed by atoms with van der Waals surface area (Å²) in [6.07, 6.45) is 2.63. The van der Waals surface area contributed by atoms with Gasteiger partial charge in [-0.25, -0.2) is 9.97 Å². The molecular weight excluding hydrogens is 362 g/mol. The molecule has 124 valence electrons. The third-order valence-electron chi connectivity index (χ3n) is 3.44. The Bertz CT molecular complexity index is 949. The Morgan fingerprint density at radius 2 is 2.25 bits per heavy atom. The molecule has 3 rings (SSSR count). The van der Waals surface area contributed by atoms with Gasteiger partial charge in [-0.2, -0.15) is 0 Å². The van der Waals surface area contributed by atoms with Crippen LogP contribution in [0.25, 0.3) is 10.9 Å². The van der Waals surface area contributed by atoms with Crippen LogP contribution < -0.4 is 5.56 Å². The van der Waals surface area contributed by atoms with Crippen LogP contribution >= 0.6 is 34.7 Å². The van der Waals surface area contributed by atoms with Gasteiger partial charge in [-0.15, -0.1) is 17.9 Å². The number of thiazole rings is 1. The van der Waals surface area contributed by atoms with E-state index in [-0.39, 0.29) is 5.56 Å². The van der Waals surface area contributed by atoms with Crippen LogP contribution in [-0.2, 0) is 18.7 Å². The van der Waals surface area contributed by atoms with Gasteiger partial charge in [0.05, 0.1) is 21.6 Å². The summed E-state index contributed by atoms with van der Waals surface area (Å²) in [5.41, 5.74) is 1.56. The third-order valence-corrected chi connectivity index (χ3v) is 5.73. The van der Waals surface area contributed by atoms with Crippen molar-refractivity contribution in [2.45, 2.75) is 30.8 Å². The van der Waals surface area contributed by atoms with Crippen molar-refractivity contribution in [2.75, 3.05) is 0 Å². The highest BCUT2D eigenvalue weighted by Gasteiger charge is 2.12. The number of thioether (sulfide) groups is 1. The van der Waals surface area contributed by atoms with Crippen LogP contribution in [0.3, 0.4) is 0 Å². The fourth-order valence-electron chi connectivity index (χ4n) is 2.29. The zero-order chi connectivity index (χ0) is 17.1. The molecule has 4 nitrogen and oxygen atoms in total. The predicted molar refractivity (Wildman–Crippen MR) is 102 cm³/mol. The number of nitrogens with zero attached hydrogens (tertiary/aromatic N) is 3. The van der Waals surface area contributed by atoms with Crippen LogP contribution in [-0.4, -0.2) is 14.5 Å². The van der Waals surface area contributed by atoms with Gasteiger partial charge < -0.3 is 0 Å². The number of allylic oxidation sites excluding steroid dienone is 1. The van der Waals surface area contributed by atoms with Gasteiger partial charge in [0.1, 0.15) is 0 Å². The molecule has 0 aliphatic rings. The zero-order valence-corrected chi connectivity index (χ0v) is 15.5. The molecule has 2 heterocycles. The molecular formula is C17H16ClN3OS2. The molecule has 0 amide bonds. The first kappa shape index (κ1) is 17.2. The Morgan fingerprint density at radius 1 is 1.42 bits per heavy atom. The van der Waals surface area contributed by atoms with Crippen molar-refractivity contribution in [3.8, 4) is 0 Å². The lowest BCUT2D eigenvalue weighted by Gasteiger charge is -2.11. The number of rotatable bonds is 6. The molecule has 0 radical (unpaired) electrons. The fourth-order valence-corrected chi connectivity index (χ4v) is 4.21. The van der Waals surface area contributed by atoms with Crippen LogP contribution in [0, 0.1) is 0 Å². The molecule has 0 spiro atoms. The smallest absolute Gasteiger partial charge is 0.262 e. The first-order valence-electron chi connectivity index (χ1n) is 7.49. The van der Waals surface area contributed by atoms with Crippen molar-refractivity contribution in [2.24, 2.45) is 0 Å². The minimum absolute atomic E-state index is 0.0996. The first-order chi connectivity index (χ1) is 11.6. The second kappa shape index (κ2) is 7.51. The van der Waals surface area contributed by atoms with Crippen molar-refractivity contribution in [3.63, 3.8) is 0 Å². The summed E-state index contributed by atoms with van der Waals surface area (Å²) in [4.78, 5) is 21.9. The topological polar surface area (TPSA) is 47.8 Å². The third kappa shape index (κ3) is 3.55. The molecule has 0 N–H and O–H groups in total. The zero-order valence-electron chi connectivity index (χ0n) is 13.2. The number of hydrogen-bond acceptors (Lipinski definition) is 5. The second-order valence-corrected chi connectivity index (χ2v) is 7.46. The number of benzene rings is 1. The average Bonchev–Trinajstić information content (AvgIpc) is 3.04. The lowest BCUT2D eigenvalue weighted by molar-refractivity contribution is 0.671. The SMILES string of the molecule is C=CCn1c(SCc2csc(CC)n2)nc2ccc(Cl)cc2c1=O. The van der Waals surface area contributed by atoms with Crippen molar-refractivity contribution in [1.29, 1.82) is 0 Å². The van der Waals surface area contributed by atoms with Crippen LogP contribution in [0.2, 0.25) is 5.02 Å². The molecule has 0 saturated heterocycles. The molecule has 3 aromatic rings. The highest BCUT2D eigenvalue weighted by Crippen LogP contribution is 2.24. The summed E-state index contributed by atoms with van der Waals surface area (Å²) in [6.45, 7) is 6.24. The molecule has 0 aliphatic carbocycles. The van der Waals surface area contributed by atoms with Gasteiger partial charge in [0.25, 0.3) is 5.56 Å². The molecule has 0 atom stereocenters. The number of halogens is 1. The van der Waals surface area contributed by atoms with Crippen LogP contribution in [0.4, 0.5) is 0 Å². The molecule has 2 aromatic heterocycles. The van der Waals surface area contributed by atoms with Crippen LogP contribution in [0.1, 0.15) is 17.6 Å². The van der Waals surface area contributed by atoms with E-state index in [1.54, 1.807) is 40.2 Å². The summed E-state index contributed by atoms with van der Waals surface area (Å²) >= 11 is 9.18. The second-order valence-electron chi connectivity index (χ2n) is 5.14. The van der Waals surface area contributed by atoms with E-state index < -0.39 is 0 Å². The molecule has 0 bridgehead atoms. The maximum Gasteiger partial charge on any atom is 0.262 e. The lowest BCUT2D eigenvalue weighted by atomic mass is 10.2. The van der Waals surface area contributed by atoms with Crippen molar-refractivity contribution in [1.82, 2.24) is 14.5 Å². The van der Waals surface area contributed by atoms with E-state index in [9.17, 15) is 4.79 Å². The normalized spacial score (nSPS) is 11.1. The molecule has 0 saturated carbocycles. The van der Waals surface area contributed by atoms with E-state index in [1.807, 2.05) is 0 Å². The van der Waals surface area contributed by atoms with Crippen LogP contribution in [0.5, 0.6) is 0 Å². The predicted octanol–water partition coefficient (Wildman–Crippen LogP) is 4.55. The highest BCUT2D eigenvalue weighted by molar-refractivity contribution is 7.98. The van der Waals surface area contributed by atoms with Crippen molar-refractivity contribution >= 4 is 45.6 Å². The summed E-state index contributed by atoms with van der Waals surface area (Å²) in [5, 5.41) is 4.90. The molecule has 7 heteroatoms. The Kier molecular flexibility index (Phi) is 5.38. The Morgan fingerprint density at radius 3 is 2.96 bits per heavy atom. The van der Waals surface area contributed by atoms with E-state index in [0.717, 1.165) is 17.1 Å². The molecule has 0 fully saturated rings. The molecule has 0 aliphatic heterocycles. The van der Waals surface area contributed by atoms with E-state index in [1.165, 1.54) is 11.8 Å². The van der Waals surface area contributed by atoms with Gasteiger partial charge in [0.15, 0.2) is 5.16 Å². The standard InChI is InChI=1S/C17H16ClN3OS2/c1-3-7-21-16(22)13-8-11(18)5-6-14(13)20-17(21)24-10-12-9-23-15(4-2)19-12/h3,5-6,8-9H,1,4,7,10H2,2H3. The fraction of sp³-hybridized carbons (Fsp3) is 0.235.